The van der Waals surface area contributed by atoms with Crippen molar-refractivity contribution < 1.29 is 12.8 Å². The summed E-state index contributed by atoms with van der Waals surface area (Å²) in [4.78, 5) is 0. The zero-order valence-corrected chi connectivity index (χ0v) is 12.8. The molecule has 1 aromatic carbocycles. The van der Waals surface area contributed by atoms with Crippen LogP contribution in [0.25, 0.3) is 0 Å². The van der Waals surface area contributed by atoms with Crippen molar-refractivity contribution >= 4 is 15.7 Å². The molecule has 0 fully saturated rings. The normalized spacial score (nSPS) is 13.2. The first-order valence-corrected chi connectivity index (χ1v) is 8.46. The van der Waals surface area contributed by atoms with Gasteiger partial charge >= 0.3 is 0 Å². The van der Waals surface area contributed by atoms with Gasteiger partial charge in [0.15, 0.2) is 0 Å². The van der Waals surface area contributed by atoms with Crippen LogP contribution in [-0.4, -0.2) is 14.5 Å². The van der Waals surface area contributed by atoms with Gasteiger partial charge in [0.1, 0.15) is 5.76 Å². The van der Waals surface area contributed by atoms with E-state index in [0.717, 1.165) is 5.76 Å². The average Bonchev–Trinajstić information content (AvgIpc) is 2.88. The molecule has 0 bridgehead atoms. The van der Waals surface area contributed by atoms with Crippen LogP contribution in [-0.2, 0) is 22.2 Å². The van der Waals surface area contributed by atoms with Crippen LogP contribution in [0.5, 0.6) is 0 Å². The summed E-state index contributed by atoms with van der Waals surface area (Å²) in [5.74, 6) is 0.792. The summed E-state index contributed by atoms with van der Waals surface area (Å²) in [6.45, 7) is 1.85. The molecule has 0 aliphatic carbocycles. The zero-order chi connectivity index (χ0) is 15.3. The first kappa shape index (κ1) is 15.6. The van der Waals surface area contributed by atoms with Crippen molar-refractivity contribution in [2.45, 2.75) is 31.6 Å². The van der Waals surface area contributed by atoms with Crippen LogP contribution in [0.1, 0.15) is 24.7 Å². The van der Waals surface area contributed by atoms with Gasteiger partial charge in [0.05, 0.1) is 12.0 Å². The predicted octanol–water partition coefficient (Wildman–Crippen LogP) is 2.30. The number of nitrogens with two attached hydrogens (primary N) is 1. The molecule has 0 amide bonds. The highest BCUT2D eigenvalue weighted by molar-refractivity contribution is 7.88. The lowest BCUT2D eigenvalue weighted by molar-refractivity contribution is 0.480. The van der Waals surface area contributed by atoms with E-state index < -0.39 is 10.0 Å². The summed E-state index contributed by atoms with van der Waals surface area (Å²) in [6.07, 6.45) is 3.00. The van der Waals surface area contributed by atoms with Crippen molar-refractivity contribution in [3.05, 3.63) is 54.0 Å². The molecule has 114 valence electrons. The van der Waals surface area contributed by atoms with Crippen LogP contribution in [0.3, 0.4) is 0 Å². The van der Waals surface area contributed by atoms with Crippen LogP contribution >= 0.6 is 0 Å². The fourth-order valence-corrected chi connectivity index (χ4v) is 3.56. The van der Waals surface area contributed by atoms with Crippen LogP contribution in [0.2, 0.25) is 0 Å². The van der Waals surface area contributed by atoms with Gasteiger partial charge in [-0.25, -0.2) is 13.1 Å². The maximum atomic E-state index is 12.1. The molecule has 0 aliphatic heterocycles. The molecule has 3 N–H and O–H groups in total. The van der Waals surface area contributed by atoms with Crippen LogP contribution < -0.4 is 10.5 Å². The Morgan fingerprint density at radius 1 is 1.29 bits per heavy atom. The number of anilines is 1. The Labute approximate surface area is 125 Å². The van der Waals surface area contributed by atoms with E-state index in [-0.39, 0.29) is 11.8 Å². The van der Waals surface area contributed by atoms with Gasteiger partial charge in [0.25, 0.3) is 0 Å². The maximum Gasteiger partial charge on any atom is 0.216 e. The number of rotatable bonds is 7. The summed E-state index contributed by atoms with van der Waals surface area (Å²) < 4.78 is 32.1. The van der Waals surface area contributed by atoms with Crippen LogP contribution in [0.15, 0.2) is 47.1 Å². The van der Waals surface area contributed by atoms with Gasteiger partial charge in [0, 0.05) is 18.2 Å². The molecule has 1 unspecified atom stereocenters. The van der Waals surface area contributed by atoms with E-state index in [0.29, 0.717) is 24.1 Å². The SMILES string of the molecule is CC(CCc1ccco1)NS(=O)(=O)Cc1cccc(N)c1. The fourth-order valence-electron chi connectivity index (χ4n) is 2.12. The number of aryl methyl sites for hydroxylation is 1. The minimum absolute atomic E-state index is 0.0663. The van der Waals surface area contributed by atoms with E-state index in [2.05, 4.69) is 4.72 Å². The lowest BCUT2D eigenvalue weighted by Crippen LogP contribution is -2.33. The Hall–Kier alpha value is -1.79. The van der Waals surface area contributed by atoms with Crippen molar-refractivity contribution in [2.75, 3.05) is 5.73 Å². The molecule has 0 radical (unpaired) electrons. The molecule has 6 heteroatoms. The fraction of sp³-hybridized carbons (Fsp3) is 0.333. The van der Waals surface area contributed by atoms with Crippen molar-refractivity contribution in [1.82, 2.24) is 4.72 Å². The van der Waals surface area contributed by atoms with E-state index >= 15 is 0 Å². The number of nitrogens with one attached hydrogen (secondary N) is 1. The molecule has 0 aliphatic rings. The van der Waals surface area contributed by atoms with E-state index in [1.54, 1.807) is 30.5 Å². The molecular formula is C15H20N2O3S. The summed E-state index contributed by atoms with van der Waals surface area (Å²) in [5.41, 5.74) is 6.90. The maximum absolute atomic E-state index is 12.1. The highest BCUT2D eigenvalue weighted by atomic mass is 32.2. The highest BCUT2D eigenvalue weighted by Crippen LogP contribution is 2.11. The van der Waals surface area contributed by atoms with E-state index in [4.69, 9.17) is 10.2 Å². The number of hydrogen-bond acceptors (Lipinski definition) is 4. The quantitative estimate of drug-likeness (QED) is 0.769. The van der Waals surface area contributed by atoms with E-state index in [1.807, 2.05) is 19.1 Å². The largest absolute Gasteiger partial charge is 0.469 e. The molecule has 1 heterocycles. The molecule has 0 saturated carbocycles. The molecular weight excluding hydrogens is 288 g/mol. The van der Waals surface area contributed by atoms with Gasteiger partial charge in [-0.1, -0.05) is 12.1 Å². The van der Waals surface area contributed by atoms with Crippen molar-refractivity contribution in [2.24, 2.45) is 0 Å². The third-order valence-corrected chi connectivity index (χ3v) is 4.57. The van der Waals surface area contributed by atoms with E-state index in [1.165, 1.54) is 0 Å². The van der Waals surface area contributed by atoms with E-state index in [9.17, 15) is 8.42 Å². The first-order chi connectivity index (χ1) is 9.94. The number of sulfonamides is 1. The van der Waals surface area contributed by atoms with Gasteiger partial charge in [-0.05, 0) is 43.2 Å². The monoisotopic (exact) mass is 308 g/mol. The lowest BCUT2D eigenvalue weighted by atomic mass is 10.2. The Balaban J connectivity index is 1.88. The lowest BCUT2D eigenvalue weighted by Gasteiger charge is -2.13. The summed E-state index contributed by atoms with van der Waals surface area (Å²) in [7, 11) is -3.38. The molecule has 0 spiro atoms. The second kappa shape index (κ2) is 6.78. The number of benzene rings is 1. The highest BCUT2D eigenvalue weighted by Gasteiger charge is 2.15. The standard InChI is InChI=1S/C15H20N2O3S/c1-12(7-8-15-6-3-9-20-15)17-21(18,19)11-13-4-2-5-14(16)10-13/h2-6,9-10,12,17H,7-8,11,16H2,1H3. The smallest absolute Gasteiger partial charge is 0.216 e. The minimum Gasteiger partial charge on any atom is -0.469 e. The zero-order valence-electron chi connectivity index (χ0n) is 12.0. The molecule has 1 aromatic heterocycles. The number of nitrogen functional groups attached to an aromatic ring is 1. The van der Waals surface area contributed by atoms with Gasteiger partial charge in [-0.15, -0.1) is 0 Å². The third kappa shape index (κ3) is 5.24. The summed E-state index contributed by atoms with van der Waals surface area (Å²) >= 11 is 0. The third-order valence-electron chi connectivity index (χ3n) is 3.09. The summed E-state index contributed by atoms with van der Waals surface area (Å²) in [6, 6.07) is 10.5. The minimum atomic E-state index is -3.38. The number of furan rings is 1. The topological polar surface area (TPSA) is 85.3 Å². The van der Waals surface area contributed by atoms with Gasteiger partial charge in [-0.2, -0.15) is 0 Å². The Morgan fingerprint density at radius 2 is 2.10 bits per heavy atom. The number of hydrogen-bond donors (Lipinski definition) is 2. The molecule has 0 saturated heterocycles. The predicted molar refractivity (Wildman–Crippen MR) is 83.1 cm³/mol. The van der Waals surface area contributed by atoms with Crippen molar-refractivity contribution in [3.8, 4) is 0 Å². The molecule has 21 heavy (non-hydrogen) atoms. The molecule has 2 aromatic rings. The Bertz CT molecular complexity index is 666. The van der Waals surface area contributed by atoms with Gasteiger partial charge < -0.3 is 10.2 Å². The Kier molecular flexibility index (Phi) is 5.03. The van der Waals surface area contributed by atoms with Crippen LogP contribution in [0.4, 0.5) is 5.69 Å². The van der Waals surface area contributed by atoms with Gasteiger partial charge in [0.2, 0.25) is 10.0 Å². The van der Waals surface area contributed by atoms with Crippen molar-refractivity contribution in [3.63, 3.8) is 0 Å². The second-order valence-electron chi connectivity index (χ2n) is 5.14. The van der Waals surface area contributed by atoms with Crippen molar-refractivity contribution in [1.29, 1.82) is 0 Å². The molecule has 5 nitrogen and oxygen atoms in total. The Morgan fingerprint density at radius 3 is 2.76 bits per heavy atom. The first-order valence-electron chi connectivity index (χ1n) is 6.81. The average molecular weight is 308 g/mol. The second-order valence-corrected chi connectivity index (χ2v) is 6.89. The van der Waals surface area contributed by atoms with Gasteiger partial charge in [-0.3, -0.25) is 0 Å². The van der Waals surface area contributed by atoms with Crippen LogP contribution in [0, 0.1) is 0 Å². The summed E-state index contributed by atoms with van der Waals surface area (Å²) in [5, 5.41) is 0. The molecule has 1 atom stereocenters. The molecule has 2 rings (SSSR count).